The highest BCUT2D eigenvalue weighted by Crippen LogP contribution is 2.33. The summed E-state index contributed by atoms with van der Waals surface area (Å²) in [6.45, 7) is 0.0283. The third-order valence-corrected chi connectivity index (χ3v) is 4.49. The van der Waals surface area contributed by atoms with E-state index in [1.165, 1.54) is 17.8 Å². The molecule has 26 heavy (non-hydrogen) atoms. The van der Waals surface area contributed by atoms with Crippen LogP contribution in [0.15, 0.2) is 35.3 Å². The zero-order valence-corrected chi connectivity index (χ0v) is 14.2. The van der Waals surface area contributed by atoms with Crippen molar-refractivity contribution in [2.24, 2.45) is 7.05 Å². The Balaban J connectivity index is 1.72. The molecule has 2 N–H and O–H groups in total. The number of aromatic amines is 1. The summed E-state index contributed by atoms with van der Waals surface area (Å²) in [6.07, 6.45) is 1.27. The van der Waals surface area contributed by atoms with E-state index in [2.05, 4.69) is 20.4 Å². The molecule has 4 rings (SSSR count). The van der Waals surface area contributed by atoms with Gasteiger partial charge in [-0.25, -0.2) is 9.78 Å². The maximum atomic E-state index is 14.6. The van der Waals surface area contributed by atoms with Crippen molar-refractivity contribution in [3.8, 4) is 17.0 Å². The Hall–Kier alpha value is -3.20. The van der Waals surface area contributed by atoms with E-state index in [-0.39, 0.29) is 23.0 Å². The second-order valence-electron chi connectivity index (χ2n) is 5.72. The predicted molar refractivity (Wildman–Crippen MR) is 92.5 cm³/mol. The number of H-pyrrole nitrogens is 1. The lowest BCUT2D eigenvalue weighted by Crippen LogP contribution is -2.22. The number of benzene rings is 1. The Kier molecular flexibility index (Phi) is 3.73. The summed E-state index contributed by atoms with van der Waals surface area (Å²) < 4.78 is 16.9. The number of halogens is 2. The Bertz CT molecular complexity index is 1200. The number of rotatable bonds is 3. The van der Waals surface area contributed by atoms with Crippen LogP contribution in [0.1, 0.15) is 5.69 Å². The first-order chi connectivity index (χ1) is 12.5. The number of imidazole rings is 1. The number of pyridine rings is 1. The molecule has 0 unspecified atom stereocenters. The summed E-state index contributed by atoms with van der Waals surface area (Å²) in [4.78, 5) is 15.8. The smallest absolute Gasteiger partial charge is 0.331 e. The molecular formula is C16H12ClFN6O2. The Morgan fingerprint density at radius 3 is 2.69 bits per heavy atom. The van der Waals surface area contributed by atoms with Crippen molar-refractivity contribution >= 4 is 22.6 Å². The van der Waals surface area contributed by atoms with Crippen molar-refractivity contribution < 1.29 is 9.50 Å². The zero-order valence-electron chi connectivity index (χ0n) is 13.4. The summed E-state index contributed by atoms with van der Waals surface area (Å²) in [7, 11) is 1.44. The molecule has 0 amide bonds. The third kappa shape index (κ3) is 2.53. The molecule has 0 saturated carbocycles. The van der Waals surface area contributed by atoms with Crippen molar-refractivity contribution in [1.29, 1.82) is 0 Å². The molecule has 0 atom stereocenters. The molecule has 10 heteroatoms. The largest absolute Gasteiger partial charge is 0.493 e. The van der Waals surface area contributed by atoms with Gasteiger partial charge in [0.1, 0.15) is 11.0 Å². The lowest BCUT2D eigenvalue weighted by atomic mass is 10.1. The molecular weight excluding hydrogens is 363 g/mol. The summed E-state index contributed by atoms with van der Waals surface area (Å²) in [5.74, 6) is -0.903. The van der Waals surface area contributed by atoms with Crippen LogP contribution in [0.3, 0.4) is 0 Å². The lowest BCUT2D eigenvalue weighted by Gasteiger charge is -2.08. The van der Waals surface area contributed by atoms with Gasteiger partial charge in [-0.15, -0.1) is 0 Å². The lowest BCUT2D eigenvalue weighted by molar-refractivity contribution is 0.429. The zero-order chi connectivity index (χ0) is 18.4. The first-order valence-electron chi connectivity index (χ1n) is 7.55. The van der Waals surface area contributed by atoms with E-state index in [1.807, 2.05) is 0 Å². The van der Waals surface area contributed by atoms with Gasteiger partial charge in [-0.1, -0.05) is 17.7 Å². The number of nitrogens with zero attached hydrogens (tertiary/aromatic N) is 5. The van der Waals surface area contributed by atoms with Gasteiger partial charge in [-0.2, -0.15) is 19.8 Å². The number of hydrogen-bond donors (Lipinski definition) is 2. The molecule has 0 aliphatic heterocycles. The normalized spacial score (nSPS) is 11.3. The Labute approximate surface area is 150 Å². The second-order valence-corrected chi connectivity index (χ2v) is 6.09. The van der Waals surface area contributed by atoms with Crippen molar-refractivity contribution in [2.75, 3.05) is 0 Å². The summed E-state index contributed by atoms with van der Waals surface area (Å²) in [5, 5.41) is 20.2. The van der Waals surface area contributed by atoms with E-state index in [0.29, 0.717) is 22.3 Å². The SMILES string of the molecule is Cn1c(O)cn(Cc2ccc(-c3ccc4n[nH]nc4c3Cl)c(F)n2)c1=O. The van der Waals surface area contributed by atoms with Crippen LogP contribution >= 0.6 is 11.6 Å². The van der Waals surface area contributed by atoms with Gasteiger partial charge in [0.05, 0.1) is 23.5 Å². The van der Waals surface area contributed by atoms with Crippen LogP contribution in [0, 0.1) is 5.95 Å². The monoisotopic (exact) mass is 374 g/mol. The highest BCUT2D eigenvalue weighted by atomic mass is 35.5. The molecule has 3 heterocycles. The Morgan fingerprint density at radius 2 is 2.00 bits per heavy atom. The summed E-state index contributed by atoms with van der Waals surface area (Å²) >= 11 is 6.31. The van der Waals surface area contributed by atoms with Gasteiger partial charge in [0, 0.05) is 18.2 Å². The van der Waals surface area contributed by atoms with Crippen LogP contribution in [-0.2, 0) is 13.6 Å². The molecule has 0 radical (unpaired) electrons. The van der Waals surface area contributed by atoms with E-state index >= 15 is 0 Å². The third-order valence-electron chi connectivity index (χ3n) is 4.10. The summed E-state index contributed by atoms with van der Waals surface area (Å²) in [5.41, 5.74) is 1.59. The van der Waals surface area contributed by atoms with Crippen LogP contribution in [0.25, 0.3) is 22.2 Å². The molecule has 0 aliphatic rings. The van der Waals surface area contributed by atoms with Crippen molar-refractivity contribution in [1.82, 2.24) is 29.5 Å². The minimum atomic E-state index is -0.722. The van der Waals surface area contributed by atoms with E-state index in [1.54, 1.807) is 24.3 Å². The molecule has 132 valence electrons. The fraction of sp³-hybridized carbons (Fsp3) is 0.125. The number of aromatic nitrogens is 6. The second kappa shape index (κ2) is 5.95. The predicted octanol–water partition coefficient (Wildman–Crippen LogP) is 2.07. The molecule has 8 nitrogen and oxygen atoms in total. The van der Waals surface area contributed by atoms with Crippen LogP contribution in [0.4, 0.5) is 4.39 Å². The van der Waals surface area contributed by atoms with E-state index < -0.39 is 11.6 Å². The van der Waals surface area contributed by atoms with Crippen LogP contribution in [0.5, 0.6) is 5.88 Å². The number of nitrogens with one attached hydrogen (secondary N) is 1. The van der Waals surface area contributed by atoms with E-state index in [9.17, 15) is 14.3 Å². The molecule has 0 fully saturated rings. The summed E-state index contributed by atoms with van der Waals surface area (Å²) in [6, 6.07) is 6.46. The highest BCUT2D eigenvalue weighted by Gasteiger charge is 2.16. The van der Waals surface area contributed by atoms with Crippen molar-refractivity contribution in [2.45, 2.75) is 6.54 Å². The molecule has 1 aromatic carbocycles. The van der Waals surface area contributed by atoms with Crippen molar-refractivity contribution in [3.05, 3.63) is 57.6 Å². The molecule has 0 saturated heterocycles. The number of aromatic hydroxyl groups is 1. The number of fused-ring (bicyclic) bond motifs is 1. The standard InChI is InChI=1S/C16H12ClFN6O2/c1-23-12(25)7-24(16(23)26)6-8-2-3-10(15(18)19-8)9-4-5-11-14(13(9)17)21-22-20-11/h2-5,7,25H,6H2,1H3,(H,20,21,22). The van der Waals surface area contributed by atoms with Gasteiger partial charge in [0.2, 0.25) is 11.8 Å². The average Bonchev–Trinajstić information content (AvgIpc) is 3.18. The van der Waals surface area contributed by atoms with Gasteiger partial charge >= 0.3 is 5.69 Å². The van der Waals surface area contributed by atoms with Crippen LogP contribution in [-0.4, -0.2) is 34.6 Å². The topological polar surface area (TPSA) is 102 Å². The van der Waals surface area contributed by atoms with E-state index in [4.69, 9.17) is 11.6 Å². The molecule has 0 bridgehead atoms. The maximum absolute atomic E-state index is 14.6. The fourth-order valence-corrected chi connectivity index (χ4v) is 3.01. The maximum Gasteiger partial charge on any atom is 0.331 e. The van der Waals surface area contributed by atoms with Gasteiger partial charge < -0.3 is 5.11 Å². The first kappa shape index (κ1) is 16.3. The van der Waals surface area contributed by atoms with Crippen molar-refractivity contribution in [3.63, 3.8) is 0 Å². The van der Waals surface area contributed by atoms with E-state index in [0.717, 1.165) is 4.57 Å². The average molecular weight is 375 g/mol. The number of hydrogen-bond acceptors (Lipinski definition) is 5. The minimum absolute atomic E-state index is 0.0283. The molecule has 4 aromatic rings. The van der Waals surface area contributed by atoms with Crippen LogP contribution in [0.2, 0.25) is 5.02 Å². The van der Waals surface area contributed by atoms with Gasteiger partial charge in [0.15, 0.2) is 0 Å². The quantitative estimate of drug-likeness (QED) is 0.534. The highest BCUT2D eigenvalue weighted by molar-refractivity contribution is 6.37. The van der Waals surface area contributed by atoms with Gasteiger partial charge in [0.25, 0.3) is 0 Å². The first-order valence-corrected chi connectivity index (χ1v) is 7.93. The minimum Gasteiger partial charge on any atom is -0.493 e. The molecule has 0 spiro atoms. The Morgan fingerprint density at radius 1 is 1.23 bits per heavy atom. The fourth-order valence-electron chi connectivity index (χ4n) is 2.71. The molecule has 3 aromatic heterocycles. The van der Waals surface area contributed by atoms with Crippen LogP contribution < -0.4 is 5.69 Å². The van der Waals surface area contributed by atoms with Gasteiger partial charge in [-0.05, 0) is 18.2 Å². The molecule has 0 aliphatic carbocycles. The van der Waals surface area contributed by atoms with Gasteiger partial charge in [-0.3, -0.25) is 9.13 Å².